The van der Waals surface area contributed by atoms with Gasteiger partial charge in [-0.15, -0.1) is 35.3 Å². The molecule has 0 amide bonds. The van der Waals surface area contributed by atoms with Crippen LogP contribution >= 0.6 is 35.3 Å². The number of hydrogen-bond donors (Lipinski definition) is 1. The van der Waals surface area contributed by atoms with Crippen LogP contribution in [0.25, 0.3) is 0 Å². The second kappa shape index (κ2) is 12.0. The first-order valence-corrected chi connectivity index (χ1v) is 10.6. The van der Waals surface area contributed by atoms with Crippen molar-refractivity contribution in [1.29, 1.82) is 0 Å². The molecular weight excluding hydrogens is 493 g/mol. The van der Waals surface area contributed by atoms with Crippen LogP contribution in [0.3, 0.4) is 0 Å². The van der Waals surface area contributed by atoms with Crippen molar-refractivity contribution >= 4 is 41.3 Å². The van der Waals surface area contributed by atoms with E-state index < -0.39 is 0 Å². The molecular formula is C22H30IN5S. The molecule has 0 aliphatic heterocycles. The molecule has 5 nitrogen and oxygen atoms in total. The molecule has 0 unspecified atom stereocenters. The second-order valence-electron chi connectivity index (χ2n) is 6.84. The summed E-state index contributed by atoms with van der Waals surface area (Å²) in [5.74, 6) is 1.99. The largest absolute Gasteiger partial charge is 0.357 e. The maximum atomic E-state index is 4.85. The Balaban J connectivity index is 0.00000300. The maximum absolute atomic E-state index is 4.85. The smallest absolute Gasteiger partial charge is 0.193 e. The highest BCUT2D eigenvalue weighted by molar-refractivity contribution is 14.0. The Kier molecular flexibility index (Phi) is 9.66. The molecule has 3 rings (SSSR count). The number of aliphatic imine (C=N–C) groups is 1. The first kappa shape index (κ1) is 23.4. The van der Waals surface area contributed by atoms with Crippen molar-refractivity contribution in [2.45, 2.75) is 33.4 Å². The predicted octanol–water partition coefficient (Wildman–Crippen LogP) is 4.56. The van der Waals surface area contributed by atoms with E-state index in [0.717, 1.165) is 37.8 Å². The molecule has 0 spiro atoms. The number of thiophene rings is 1. The molecule has 29 heavy (non-hydrogen) atoms. The highest BCUT2D eigenvalue weighted by Crippen LogP contribution is 2.11. The first-order valence-electron chi connectivity index (χ1n) is 9.73. The third kappa shape index (κ3) is 7.15. The van der Waals surface area contributed by atoms with Crippen LogP contribution in [0.15, 0.2) is 59.2 Å². The Morgan fingerprint density at radius 2 is 2.07 bits per heavy atom. The van der Waals surface area contributed by atoms with Gasteiger partial charge in [-0.25, -0.2) is 9.98 Å². The molecule has 2 heterocycles. The fourth-order valence-corrected chi connectivity index (χ4v) is 3.77. The minimum atomic E-state index is 0. The molecule has 0 atom stereocenters. The number of likely N-dealkylation sites (N-methyl/N-ethyl adjacent to an activating group) is 1. The summed E-state index contributed by atoms with van der Waals surface area (Å²) in [6.07, 6.45) is 4.91. The van der Waals surface area contributed by atoms with Gasteiger partial charge >= 0.3 is 0 Å². The van der Waals surface area contributed by atoms with E-state index in [1.165, 1.54) is 16.0 Å². The molecule has 3 aromatic rings. The first-order chi connectivity index (χ1) is 13.7. The lowest BCUT2D eigenvalue weighted by molar-refractivity contribution is 0.486. The fourth-order valence-electron chi connectivity index (χ4n) is 3.07. The van der Waals surface area contributed by atoms with Gasteiger partial charge in [-0.1, -0.05) is 30.3 Å². The average Bonchev–Trinajstić information content (AvgIpc) is 3.36. The zero-order valence-corrected chi connectivity index (χ0v) is 20.5. The Morgan fingerprint density at radius 1 is 1.24 bits per heavy atom. The summed E-state index contributed by atoms with van der Waals surface area (Å²) in [4.78, 5) is 12.8. The van der Waals surface area contributed by atoms with E-state index in [0.29, 0.717) is 6.54 Å². The zero-order valence-electron chi connectivity index (χ0n) is 17.3. The van der Waals surface area contributed by atoms with Crippen LogP contribution in [0.1, 0.15) is 28.8 Å². The van der Waals surface area contributed by atoms with Crippen molar-refractivity contribution in [3.05, 3.63) is 76.0 Å². The van der Waals surface area contributed by atoms with Crippen molar-refractivity contribution in [3.8, 4) is 0 Å². The van der Waals surface area contributed by atoms with Gasteiger partial charge in [0.25, 0.3) is 0 Å². The number of halogens is 1. The number of imidazole rings is 1. The molecule has 0 fully saturated rings. The van der Waals surface area contributed by atoms with E-state index in [4.69, 9.17) is 4.99 Å². The number of hydrogen-bond acceptors (Lipinski definition) is 3. The van der Waals surface area contributed by atoms with Crippen molar-refractivity contribution in [1.82, 2.24) is 19.8 Å². The van der Waals surface area contributed by atoms with E-state index in [2.05, 4.69) is 75.5 Å². The van der Waals surface area contributed by atoms with E-state index >= 15 is 0 Å². The van der Waals surface area contributed by atoms with Gasteiger partial charge in [0.2, 0.25) is 0 Å². The van der Waals surface area contributed by atoms with Crippen molar-refractivity contribution in [2.24, 2.45) is 4.99 Å². The molecule has 0 radical (unpaired) electrons. The van der Waals surface area contributed by atoms with Crippen LogP contribution in [0, 0.1) is 6.92 Å². The third-order valence-electron chi connectivity index (χ3n) is 4.65. The number of aryl methyl sites for hydroxylation is 1. The van der Waals surface area contributed by atoms with Crippen LogP contribution < -0.4 is 5.32 Å². The van der Waals surface area contributed by atoms with Gasteiger partial charge in [-0.3, -0.25) is 0 Å². The van der Waals surface area contributed by atoms with E-state index in [1.807, 2.05) is 30.7 Å². The van der Waals surface area contributed by atoms with Crippen molar-refractivity contribution in [2.75, 3.05) is 20.1 Å². The lowest BCUT2D eigenvalue weighted by Crippen LogP contribution is -2.39. The van der Waals surface area contributed by atoms with Gasteiger partial charge in [-0.2, -0.15) is 0 Å². The number of rotatable bonds is 8. The van der Waals surface area contributed by atoms with E-state index in [9.17, 15) is 0 Å². The summed E-state index contributed by atoms with van der Waals surface area (Å²) in [6.45, 7) is 7.46. The molecule has 0 bridgehead atoms. The predicted molar refractivity (Wildman–Crippen MR) is 133 cm³/mol. The fraction of sp³-hybridized carbons (Fsp3) is 0.364. The molecule has 0 aliphatic rings. The van der Waals surface area contributed by atoms with Crippen LogP contribution in [-0.2, 0) is 19.5 Å². The number of benzene rings is 1. The summed E-state index contributed by atoms with van der Waals surface area (Å²) < 4.78 is 2.16. The summed E-state index contributed by atoms with van der Waals surface area (Å²) in [5, 5.41) is 5.54. The monoisotopic (exact) mass is 523 g/mol. The summed E-state index contributed by atoms with van der Waals surface area (Å²) >= 11 is 1.81. The van der Waals surface area contributed by atoms with Gasteiger partial charge in [0.1, 0.15) is 5.82 Å². The van der Waals surface area contributed by atoms with Gasteiger partial charge in [0, 0.05) is 44.0 Å². The summed E-state index contributed by atoms with van der Waals surface area (Å²) in [6, 6.07) is 12.9. The lowest BCUT2D eigenvalue weighted by Gasteiger charge is -2.21. The maximum Gasteiger partial charge on any atom is 0.193 e. The SMILES string of the molecule is CCNC(=NCc1cccc(Cn2ccnc2C)c1)N(C)CCc1cccs1.I. The molecule has 156 valence electrons. The van der Waals surface area contributed by atoms with Gasteiger partial charge in [0.15, 0.2) is 5.96 Å². The Labute approximate surface area is 194 Å². The highest BCUT2D eigenvalue weighted by Gasteiger charge is 2.07. The van der Waals surface area contributed by atoms with Gasteiger partial charge < -0.3 is 14.8 Å². The quantitative estimate of drug-likeness (QED) is 0.268. The minimum Gasteiger partial charge on any atom is -0.357 e. The third-order valence-corrected chi connectivity index (χ3v) is 5.59. The Morgan fingerprint density at radius 3 is 2.76 bits per heavy atom. The van der Waals surface area contributed by atoms with E-state index in [-0.39, 0.29) is 24.0 Å². The lowest BCUT2D eigenvalue weighted by atomic mass is 10.1. The van der Waals surface area contributed by atoms with Crippen LogP contribution in [-0.4, -0.2) is 40.5 Å². The molecule has 1 aromatic carbocycles. The standard InChI is InChI=1S/C22H29N5S.HI/c1-4-23-22(26(3)12-10-21-9-6-14-28-21)25-16-19-7-5-8-20(15-19)17-27-13-11-24-18(27)2;/h5-9,11,13-15H,4,10,12,16-17H2,1-3H3,(H,23,25);1H. The van der Waals surface area contributed by atoms with Gasteiger partial charge in [-0.05, 0) is 42.8 Å². The summed E-state index contributed by atoms with van der Waals surface area (Å²) in [5.41, 5.74) is 2.49. The molecule has 0 aliphatic carbocycles. The van der Waals surface area contributed by atoms with Crippen LogP contribution in [0.4, 0.5) is 0 Å². The molecule has 0 saturated heterocycles. The highest BCUT2D eigenvalue weighted by atomic mass is 127. The van der Waals surface area contributed by atoms with Crippen LogP contribution in [0.2, 0.25) is 0 Å². The molecule has 7 heteroatoms. The topological polar surface area (TPSA) is 45.5 Å². The number of aromatic nitrogens is 2. The Hall–Kier alpha value is -1.87. The summed E-state index contributed by atoms with van der Waals surface area (Å²) in [7, 11) is 2.10. The molecule has 0 saturated carbocycles. The van der Waals surface area contributed by atoms with Crippen LogP contribution in [0.5, 0.6) is 0 Å². The normalized spacial score (nSPS) is 11.2. The number of nitrogens with one attached hydrogen (secondary N) is 1. The average molecular weight is 523 g/mol. The minimum absolute atomic E-state index is 0. The van der Waals surface area contributed by atoms with Crippen molar-refractivity contribution < 1.29 is 0 Å². The number of nitrogens with zero attached hydrogens (tertiary/aromatic N) is 4. The van der Waals surface area contributed by atoms with Crippen molar-refractivity contribution in [3.63, 3.8) is 0 Å². The number of guanidine groups is 1. The van der Waals surface area contributed by atoms with E-state index in [1.54, 1.807) is 0 Å². The molecule has 2 aromatic heterocycles. The second-order valence-corrected chi connectivity index (χ2v) is 7.88. The zero-order chi connectivity index (χ0) is 19.8. The van der Waals surface area contributed by atoms with Gasteiger partial charge in [0.05, 0.1) is 6.54 Å². The molecule has 1 N–H and O–H groups in total. The Bertz CT molecular complexity index is 888.